The maximum absolute atomic E-state index is 5.78. The summed E-state index contributed by atoms with van der Waals surface area (Å²) in [6.07, 6.45) is 4.36. The fraction of sp³-hybridized carbons (Fsp3) is 0.583. The normalized spacial score (nSPS) is 26.7. The van der Waals surface area contributed by atoms with E-state index >= 15 is 0 Å². The van der Waals surface area contributed by atoms with Crippen LogP contribution in [0.15, 0.2) is 18.3 Å². The van der Waals surface area contributed by atoms with Crippen LogP contribution in [0.1, 0.15) is 26.7 Å². The van der Waals surface area contributed by atoms with Crippen molar-refractivity contribution < 1.29 is 0 Å². The number of nitrogen functional groups attached to an aromatic ring is 1. The van der Waals surface area contributed by atoms with Crippen LogP contribution in [-0.4, -0.2) is 17.6 Å². The minimum Gasteiger partial charge on any atom is -0.399 e. The van der Waals surface area contributed by atoms with Gasteiger partial charge < -0.3 is 10.6 Å². The van der Waals surface area contributed by atoms with Crippen molar-refractivity contribution in [1.82, 2.24) is 4.98 Å². The molecule has 82 valence electrons. The van der Waals surface area contributed by atoms with Crippen LogP contribution in [-0.2, 0) is 0 Å². The molecule has 1 aromatic heterocycles. The predicted octanol–water partition coefficient (Wildman–Crippen LogP) is 2.29. The van der Waals surface area contributed by atoms with E-state index in [0.717, 1.165) is 24.0 Å². The Morgan fingerprint density at radius 3 is 3.00 bits per heavy atom. The van der Waals surface area contributed by atoms with Gasteiger partial charge in [0, 0.05) is 30.5 Å². The third-order valence-electron chi connectivity index (χ3n) is 3.44. The third kappa shape index (κ3) is 2.06. The molecule has 2 heterocycles. The monoisotopic (exact) mass is 205 g/mol. The van der Waals surface area contributed by atoms with Crippen LogP contribution in [0, 0.1) is 5.92 Å². The first-order chi connectivity index (χ1) is 7.18. The number of piperidine rings is 1. The molecule has 0 aromatic carbocycles. The molecule has 0 amide bonds. The molecule has 0 radical (unpaired) electrons. The first-order valence-corrected chi connectivity index (χ1v) is 5.66. The Bertz CT molecular complexity index is 337. The van der Waals surface area contributed by atoms with Crippen molar-refractivity contribution in [3.63, 3.8) is 0 Å². The molecular formula is C12H19N3. The van der Waals surface area contributed by atoms with E-state index < -0.39 is 0 Å². The summed E-state index contributed by atoms with van der Waals surface area (Å²) in [7, 11) is 0. The predicted molar refractivity (Wildman–Crippen MR) is 63.9 cm³/mol. The minimum absolute atomic E-state index is 0.563. The van der Waals surface area contributed by atoms with Crippen molar-refractivity contribution in [3.05, 3.63) is 18.3 Å². The van der Waals surface area contributed by atoms with Gasteiger partial charge in [-0.1, -0.05) is 6.92 Å². The van der Waals surface area contributed by atoms with Gasteiger partial charge in [-0.25, -0.2) is 4.98 Å². The highest BCUT2D eigenvalue weighted by atomic mass is 15.2. The van der Waals surface area contributed by atoms with Gasteiger partial charge in [0.05, 0.1) is 0 Å². The number of nitrogens with zero attached hydrogens (tertiary/aromatic N) is 2. The van der Waals surface area contributed by atoms with Gasteiger partial charge in [-0.3, -0.25) is 0 Å². The van der Waals surface area contributed by atoms with Gasteiger partial charge in [-0.15, -0.1) is 0 Å². The second kappa shape index (κ2) is 4.09. The van der Waals surface area contributed by atoms with Gasteiger partial charge in [-0.05, 0) is 31.7 Å². The maximum atomic E-state index is 5.78. The van der Waals surface area contributed by atoms with Gasteiger partial charge in [-0.2, -0.15) is 0 Å². The first-order valence-electron chi connectivity index (χ1n) is 5.66. The van der Waals surface area contributed by atoms with Gasteiger partial charge in [0.15, 0.2) is 0 Å². The zero-order valence-electron chi connectivity index (χ0n) is 9.48. The molecule has 15 heavy (non-hydrogen) atoms. The van der Waals surface area contributed by atoms with Crippen molar-refractivity contribution in [3.8, 4) is 0 Å². The van der Waals surface area contributed by atoms with Crippen LogP contribution in [0.4, 0.5) is 11.5 Å². The standard InChI is InChI=1S/C12H19N3/c1-9-4-3-7-15(10(9)2)12-8-11(13)5-6-14-12/h5-6,8-10H,3-4,7H2,1-2H3,(H2,13,14). The quantitative estimate of drug-likeness (QED) is 0.765. The Morgan fingerprint density at radius 2 is 2.27 bits per heavy atom. The molecule has 1 aromatic rings. The summed E-state index contributed by atoms with van der Waals surface area (Å²) in [6.45, 7) is 5.68. The van der Waals surface area contributed by atoms with E-state index in [9.17, 15) is 0 Å². The molecule has 1 aliphatic rings. The smallest absolute Gasteiger partial charge is 0.130 e. The zero-order chi connectivity index (χ0) is 10.8. The van der Waals surface area contributed by atoms with Crippen LogP contribution in [0.25, 0.3) is 0 Å². The molecule has 0 spiro atoms. The van der Waals surface area contributed by atoms with Crippen LogP contribution in [0.3, 0.4) is 0 Å². The second-order valence-electron chi connectivity index (χ2n) is 4.50. The first kappa shape index (κ1) is 10.3. The van der Waals surface area contributed by atoms with Crippen molar-refractivity contribution in [2.24, 2.45) is 5.92 Å². The van der Waals surface area contributed by atoms with Crippen LogP contribution < -0.4 is 10.6 Å². The maximum Gasteiger partial charge on any atom is 0.130 e. The third-order valence-corrected chi connectivity index (χ3v) is 3.44. The average molecular weight is 205 g/mol. The average Bonchev–Trinajstić information content (AvgIpc) is 2.22. The lowest BCUT2D eigenvalue weighted by Crippen LogP contribution is -2.42. The van der Waals surface area contributed by atoms with E-state index in [4.69, 9.17) is 5.73 Å². The molecule has 0 aliphatic carbocycles. The Hall–Kier alpha value is -1.25. The Balaban J connectivity index is 2.22. The van der Waals surface area contributed by atoms with Crippen molar-refractivity contribution in [2.75, 3.05) is 17.2 Å². The molecule has 1 saturated heterocycles. The van der Waals surface area contributed by atoms with E-state index in [2.05, 4.69) is 23.7 Å². The van der Waals surface area contributed by atoms with Gasteiger partial charge in [0.2, 0.25) is 0 Å². The molecular weight excluding hydrogens is 186 g/mol. The molecule has 3 heteroatoms. The lowest BCUT2D eigenvalue weighted by atomic mass is 9.92. The molecule has 2 unspecified atom stereocenters. The number of rotatable bonds is 1. The van der Waals surface area contributed by atoms with E-state index in [-0.39, 0.29) is 0 Å². The number of nitrogens with two attached hydrogens (primary N) is 1. The topological polar surface area (TPSA) is 42.1 Å². The highest BCUT2D eigenvalue weighted by Gasteiger charge is 2.25. The molecule has 2 rings (SSSR count). The molecule has 1 fully saturated rings. The fourth-order valence-electron chi connectivity index (χ4n) is 2.25. The largest absolute Gasteiger partial charge is 0.399 e. The Labute approximate surface area is 91.3 Å². The van der Waals surface area contributed by atoms with Gasteiger partial charge in [0.1, 0.15) is 5.82 Å². The van der Waals surface area contributed by atoms with Gasteiger partial charge >= 0.3 is 0 Å². The number of aromatic nitrogens is 1. The zero-order valence-corrected chi connectivity index (χ0v) is 9.48. The number of anilines is 2. The Kier molecular flexibility index (Phi) is 2.80. The molecule has 3 nitrogen and oxygen atoms in total. The summed E-state index contributed by atoms with van der Waals surface area (Å²) in [5.74, 6) is 1.76. The van der Waals surface area contributed by atoms with E-state index in [1.165, 1.54) is 12.8 Å². The van der Waals surface area contributed by atoms with E-state index in [1.54, 1.807) is 6.20 Å². The summed E-state index contributed by atoms with van der Waals surface area (Å²) in [5, 5.41) is 0. The molecule has 1 aliphatic heterocycles. The molecule has 2 atom stereocenters. The highest BCUT2D eigenvalue weighted by molar-refractivity contribution is 5.51. The van der Waals surface area contributed by atoms with Crippen molar-refractivity contribution >= 4 is 11.5 Å². The summed E-state index contributed by atoms with van der Waals surface area (Å²) < 4.78 is 0. The van der Waals surface area contributed by atoms with E-state index in [1.807, 2.05) is 12.1 Å². The summed E-state index contributed by atoms with van der Waals surface area (Å²) >= 11 is 0. The summed E-state index contributed by atoms with van der Waals surface area (Å²) in [5.41, 5.74) is 6.58. The van der Waals surface area contributed by atoms with E-state index in [0.29, 0.717) is 6.04 Å². The van der Waals surface area contributed by atoms with Gasteiger partial charge in [0.25, 0.3) is 0 Å². The minimum atomic E-state index is 0.563. The highest BCUT2D eigenvalue weighted by Crippen LogP contribution is 2.27. The van der Waals surface area contributed by atoms with Crippen LogP contribution in [0.2, 0.25) is 0 Å². The number of hydrogen-bond donors (Lipinski definition) is 1. The second-order valence-corrected chi connectivity index (χ2v) is 4.50. The lowest BCUT2D eigenvalue weighted by Gasteiger charge is -2.38. The lowest BCUT2D eigenvalue weighted by molar-refractivity contribution is 0.361. The summed E-state index contributed by atoms with van der Waals surface area (Å²) in [6, 6.07) is 4.36. The molecule has 0 saturated carbocycles. The van der Waals surface area contributed by atoms with Crippen molar-refractivity contribution in [1.29, 1.82) is 0 Å². The number of hydrogen-bond acceptors (Lipinski definition) is 3. The fourth-order valence-corrected chi connectivity index (χ4v) is 2.25. The van der Waals surface area contributed by atoms with Crippen LogP contribution in [0.5, 0.6) is 0 Å². The van der Waals surface area contributed by atoms with Crippen LogP contribution >= 0.6 is 0 Å². The SMILES string of the molecule is CC1CCCN(c2cc(N)ccn2)C1C. The molecule has 2 N–H and O–H groups in total. The number of pyridine rings is 1. The van der Waals surface area contributed by atoms with Crippen molar-refractivity contribution in [2.45, 2.75) is 32.7 Å². The molecule has 0 bridgehead atoms. The Morgan fingerprint density at radius 1 is 1.47 bits per heavy atom. The summed E-state index contributed by atoms with van der Waals surface area (Å²) in [4.78, 5) is 6.76.